The number of aliphatic hydroxyl groups excluding tert-OH is 1. The average Bonchev–Trinajstić information content (AvgIpc) is 2.98. The highest BCUT2D eigenvalue weighted by Gasteiger charge is 2.36. The summed E-state index contributed by atoms with van der Waals surface area (Å²) >= 11 is 7.34. The van der Waals surface area contributed by atoms with Crippen molar-refractivity contribution in [3.63, 3.8) is 0 Å². The topological polar surface area (TPSA) is 59.9 Å². The molecule has 3 heterocycles. The molecule has 2 saturated heterocycles. The molecule has 0 aliphatic carbocycles. The summed E-state index contributed by atoms with van der Waals surface area (Å²) in [6.07, 6.45) is 5.71. The molecule has 5 nitrogen and oxygen atoms in total. The molecule has 3 atom stereocenters. The molecular formula is C17H27ClN4OS. The van der Waals surface area contributed by atoms with Crippen LogP contribution in [0.2, 0.25) is 4.34 Å². The number of halogens is 1. The molecule has 1 aromatic heterocycles. The number of piperidine rings is 2. The number of aliphatic imine (C=N–C) groups is 1. The van der Waals surface area contributed by atoms with Gasteiger partial charge in [-0.05, 0) is 44.9 Å². The van der Waals surface area contributed by atoms with E-state index in [-0.39, 0.29) is 0 Å². The Balaban J connectivity index is 1.50. The highest BCUT2D eigenvalue weighted by Crippen LogP contribution is 2.32. The highest BCUT2D eigenvalue weighted by molar-refractivity contribution is 7.16. The predicted molar refractivity (Wildman–Crippen MR) is 101 cm³/mol. The molecule has 0 radical (unpaired) electrons. The van der Waals surface area contributed by atoms with Gasteiger partial charge in [-0.1, -0.05) is 18.0 Å². The summed E-state index contributed by atoms with van der Waals surface area (Å²) in [7, 11) is 4.04. The van der Waals surface area contributed by atoms with Gasteiger partial charge in [0.15, 0.2) is 5.96 Å². The normalized spacial score (nSPS) is 29.3. The first-order valence-electron chi connectivity index (χ1n) is 8.69. The number of fused-ring (bicyclic) bond motifs is 2. The zero-order valence-corrected chi connectivity index (χ0v) is 15.9. The molecule has 3 unspecified atom stereocenters. The number of hydrogen-bond acceptors (Lipinski definition) is 4. The van der Waals surface area contributed by atoms with Crippen LogP contribution in [0.3, 0.4) is 0 Å². The third-order valence-corrected chi connectivity index (χ3v) is 6.62. The van der Waals surface area contributed by atoms with Gasteiger partial charge in [0, 0.05) is 36.6 Å². The molecular weight excluding hydrogens is 344 g/mol. The van der Waals surface area contributed by atoms with Gasteiger partial charge in [0.05, 0.1) is 4.34 Å². The van der Waals surface area contributed by atoms with Crippen molar-refractivity contribution in [1.82, 2.24) is 15.5 Å². The van der Waals surface area contributed by atoms with Gasteiger partial charge in [-0.2, -0.15) is 0 Å². The molecule has 24 heavy (non-hydrogen) atoms. The Bertz CT molecular complexity index is 565. The van der Waals surface area contributed by atoms with Gasteiger partial charge in [0.1, 0.15) is 6.10 Å². The summed E-state index contributed by atoms with van der Waals surface area (Å²) < 4.78 is 0.699. The summed E-state index contributed by atoms with van der Waals surface area (Å²) in [5.41, 5.74) is 0. The fourth-order valence-corrected chi connectivity index (χ4v) is 4.97. The van der Waals surface area contributed by atoms with Crippen LogP contribution < -0.4 is 10.6 Å². The van der Waals surface area contributed by atoms with E-state index in [2.05, 4.69) is 27.6 Å². The maximum absolute atomic E-state index is 10.2. The van der Waals surface area contributed by atoms with Gasteiger partial charge < -0.3 is 20.6 Å². The number of guanidine groups is 1. The van der Waals surface area contributed by atoms with E-state index in [1.165, 1.54) is 30.6 Å². The molecule has 2 aliphatic heterocycles. The van der Waals surface area contributed by atoms with E-state index < -0.39 is 6.10 Å². The van der Waals surface area contributed by atoms with Crippen molar-refractivity contribution in [2.24, 2.45) is 4.99 Å². The van der Waals surface area contributed by atoms with E-state index in [4.69, 9.17) is 11.6 Å². The summed E-state index contributed by atoms with van der Waals surface area (Å²) in [6.45, 7) is 0.427. The van der Waals surface area contributed by atoms with Crippen molar-refractivity contribution in [1.29, 1.82) is 0 Å². The molecule has 0 saturated carbocycles. The van der Waals surface area contributed by atoms with Crippen LogP contribution in [-0.2, 0) is 0 Å². The van der Waals surface area contributed by atoms with Crippen LogP contribution in [0.1, 0.15) is 43.1 Å². The van der Waals surface area contributed by atoms with E-state index in [9.17, 15) is 5.11 Å². The van der Waals surface area contributed by atoms with Gasteiger partial charge in [-0.15, -0.1) is 11.3 Å². The average molecular weight is 371 g/mol. The summed E-state index contributed by atoms with van der Waals surface area (Å²) in [5.74, 6) is 0.768. The first-order chi connectivity index (χ1) is 11.6. The standard InChI is InChI=1S/C17H27ClN4OS/c1-19-17(20-10-14(23)15-6-7-16(18)24-15)21-11-8-12-4-3-5-13(9-11)22(12)2/h6-7,11-14,23H,3-5,8-10H2,1-2H3,(H2,19,20,21). The quantitative estimate of drug-likeness (QED) is 0.563. The lowest BCUT2D eigenvalue weighted by Gasteiger charge is -2.47. The van der Waals surface area contributed by atoms with Crippen LogP contribution in [0.25, 0.3) is 0 Å². The maximum atomic E-state index is 10.2. The van der Waals surface area contributed by atoms with Crippen LogP contribution in [0.15, 0.2) is 17.1 Å². The Morgan fingerprint density at radius 3 is 2.71 bits per heavy atom. The Morgan fingerprint density at radius 1 is 1.42 bits per heavy atom. The molecule has 3 N–H and O–H groups in total. The molecule has 3 rings (SSSR count). The van der Waals surface area contributed by atoms with E-state index in [1.54, 1.807) is 7.05 Å². The zero-order chi connectivity index (χ0) is 17.1. The maximum Gasteiger partial charge on any atom is 0.191 e. The minimum Gasteiger partial charge on any atom is -0.386 e. The van der Waals surface area contributed by atoms with Crippen LogP contribution in [-0.4, -0.2) is 54.7 Å². The molecule has 2 bridgehead atoms. The van der Waals surface area contributed by atoms with Gasteiger partial charge in [-0.25, -0.2) is 0 Å². The Labute approximate surface area is 153 Å². The molecule has 2 aliphatic rings. The monoisotopic (exact) mass is 370 g/mol. The molecule has 1 aromatic rings. The molecule has 0 amide bonds. The number of thiophene rings is 1. The zero-order valence-electron chi connectivity index (χ0n) is 14.3. The summed E-state index contributed by atoms with van der Waals surface area (Å²) in [6, 6.07) is 5.51. The van der Waals surface area contributed by atoms with Gasteiger partial charge >= 0.3 is 0 Å². The van der Waals surface area contributed by atoms with Crippen LogP contribution in [0.4, 0.5) is 0 Å². The van der Waals surface area contributed by atoms with Crippen molar-refractivity contribution >= 4 is 28.9 Å². The lowest BCUT2D eigenvalue weighted by Crippen LogP contribution is -2.56. The summed E-state index contributed by atoms with van der Waals surface area (Å²) in [5, 5.41) is 17.0. The smallest absolute Gasteiger partial charge is 0.191 e. The molecule has 2 fully saturated rings. The second-order valence-corrected chi connectivity index (χ2v) is 8.57. The number of nitrogens with one attached hydrogen (secondary N) is 2. The number of rotatable bonds is 4. The predicted octanol–water partition coefficient (Wildman–Crippen LogP) is 2.62. The third kappa shape index (κ3) is 4.23. The lowest BCUT2D eigenvalue weighted by atomic mass is 9.82. The van der Waals surface area contributed by atoms with Gasteiger partial charge in [0.25, 0.3) is 0 Å². The van der Waals surface area contributed by atoms with E-state index in [0.717, 1.165) is 23.7 Å². The minimum atomic E-state index is -0.571. The Morgan fingerprint density at radius 2 is 2.12 bits per heavy atom. The highest BCUT2D eigenvalue weighted by atomic mass is 35.5. The summed E-state index contributed by atoms with van der Waals surface area (Å²) in [4.78, 5) is 7.74. The van der Waals surface area contributed by atoms with Crippen LogP contribution in [0.5, 0.6) is 0 Å². The van der Waals surface area contributed by atoms with E-state index >= 15 is 0 Å². The number of hydrogen-bond donors (Lipinski definition) is 3. The second kappa shape index (κ2) is 8.04. The molecule has 134 valence electrons. The van der Waals surface area contributed by atoms with Gasteiger partial charge in [-0.3, -0.25) is 4.99 Å². The van der Waals surface area contributed by atoms with Crippen molar-refractivity contribution in [2.45, 2.75) is 56.3 Å². The van der Waals surface area contributed by atoms with Gasteiger partial charge in [0.2, 0.25) is 0 Å². The fourth-order valence-electron chi connectivity index (χ4n) is 3.92. The molecule has 0 spiro atoms. The molecule has 0 aromatic carbocycles. The minimum absolute atomic E-state index is 0.427. The Kier molecular flexibility index (Phi) is 6.02. The Hall–Kier alpha value is -0.820. The van der Waals surface area contributed by atoms with Crippen molar-refractivity contribution in [2.75, 3.05) is 20.6 Å². The van der Waals surface area contributed by atoms with Crippen molar-refractivity contribution in [3.8, 4) is 0 Å². The SMILES string of the molecule is CN=C(NCC(O)c1ccc(Cl)s1)NC1CC2CCCC(C1)N2C. The van der Waals surface area contributed by atoms with E-state index in [0.29, 0.717) is 29.0 Å². The van der Waals surface area contributed by atoms with Crippen molar-refractivity contribution < 1.29 is 5.11 Å². The van der Waals surface area contributed by atoms with E-state index in [1.807, 2.05) is 12.1 Å². The first kappa shape index (κ1) is 18.0. The first-order valence-corrected chi connectivity index (χ1v) is 9.88. The van der Waals surface area contributed by atoms with Crippen LogP contribution >= 0.6 is 22.9 Å². The number of nitrogens with zero attached hydrogens (tertiary/aromatic N) is 2. The largest absolute Gasteiger partial charge is 0.386 e. The molecule has 7 heteroatoms. The third-order valence-electron chi connectivity index (χ3n) is 5.29. The second-order valence-electron chi connectivity index (χ2n) is 6.83. The van der Waals surface area contributed by atoms with Crippen LogP contribution in [0, 0.1) is 0 Å². The fraction of sp³-hybridized carbons (Fsp3) is 0.706. The lowest BCUT2D eigenvalue weighted by molar-refractivity contribution is 0.0526. The number of aliphatic hydroxyl groups is 1. The van der Waals surface area contributed by atoms with Crippen molar-refractivity contribution in [3.05, 3.63) is 21.3 Å².